The summed E-state index contributed by atoms with van der Waals surface area (Å²) in [4.78, 5) is 23.9. The molecule has 0 unspecified atom stereocenters. The number of carbonyl (C=O) groups excluding carboxylic acids is 1. The van der Waals surface area contributed by atoms with Gasteiger partial charge in [0.1, 0.15) is 0 Å². The average molecular weight is 231 g/mol. The van der Waals surface area contributed by atoms with Crippen LogP contribution in [0, 0.1) is 0 Å². The predicted octanol–water partition coefficient (Wildman–Crippen LogP) is 0.101. The highest BCUT2D eigenvalue weighted by Crippen LogP contribution is 2.07. The first-order chi connectivity index (χ1) is 7.23. The fourth-order valence-corrected chi connectivity index (χ4v) is 1.17. The molecular weight excluding hydrogens is 210 g/mol. The van der Waals surface area contributed by atoms with Gasteiger partial charge < -0.3 is 20.6 Å². The molecule has 0 rings (SSSR count). The molecule has 0 radical (unpaired) electrons. The monoisotopic (exact) mass is 231 g/mol. The molecule has 0 aromatic rings. The first kappa shape index (κ1) is 14.7. The lowest BCUT2D eigenvalue weighted by molar-refractivity contribution is -0.138. The normalized spacial score (nSPS) is 11.3. The van der Waals surface area contributed by atoms with E-state index < -0.39 is 11.5 Å². The van der Waals surface area contributed by atoms with Crippen LogP contribution in [0.5, 0.6) is 0 Å². The summed E-state index contributed by atoms with van der Waals surface area (Å²) in [6.07, 6.45) is -0.103. The van der Waals surface area contributed by atoms with Crippen LogP contribution in [0.3, 0.4) is 0 Å². The van der Waals surface area contributed by atoms with Crippen LogP contribution in [-0.2, 0) is 4.79 Å². The van der Waals surface area contributed by atoms with Crippen LogP contribution in [0.1, 0.15) is 20.3 Å². The second-order valence-corrected chi connectivity index (χ2v) is 4.64. The maximum Gasteiger partial charge on any atom is 0.315 e. The number of hydrogen-bond donors (Lipinski definition) is 3. The Morgan fingerprint density at radius 3 is 2.31 bits per heavy atom. The molecule has 6 heteroatoms. The van der Waals surface area contributed by atoms with Crippen LogP contribution in [0.15, 0.2) is 0 Å². The SMILES string of the molecule is CN(C)CCNC(=O)NC(C)(C)CC(=O)O. The zero-order chi connectivity index (χ0) is 12.8. The Balaban J connectivity index is 3.89. The van der Waals surface area contributed by atoms with E-state index in [0.29, 0.717) is 6.54 Å². The quantitative estimate of drug-likeness (QED) is 0.605. The van der Waals surface area contributed by atoms with Crippen LogP contribution in [-0.4, -0.2) is 54.7 Å². The van der Waals surface area contributed by atoms with E-state index in [4.69, 9.17) is 5.11 Å². The summed E-state index contributed by atoms with van der Waals surface area (Å²) in [7, 11) is 3.82. The van der Waals surface area contributed by atoms with Crippen molar-refractivity contribution < 1.29 is 14.7 Å². The Morgan fingerprint density at radius 2 is 1.88 bits per heavy atom. The van der Waals surface area contributed by atoms with Gasteiger partial charge in [-0.05, 0) is 27.9 Å². The van der Waals surface area contributed by atoms with Gasteiger partial charge in [0.2, 0.25) is 0 Å². The van der Waals surface area contributed by atoms with Crippen molar-refractivity contribution in [1.29, 1.82) is 0 Å². The van der Waals surface area contributed by atoms with Gasteiger partial charge in [0, 0.05) is 18.6 Å². The van der Waals surface area contributed by atoms with Gasteiger partial charge in [-0.2, -0.15) is 0 Å². The van der Waals surface area contributed by atoms with E-state index in [0.717, 1.165) is 6.54 Å². The maximum absolute atomic E-state index is 11.4. The third-order valence-electron chi connectivity index (χ3n) is 1.89. The van der Waals surface area contributed by atoms with Gasteiger partial charge in [-0.25, -0.2) is 4.79 Å². The largest absolute Gasteiger partial charge is 0.481 e. The minimum Gasteiger partial charge on any atom is -0.481 e. The zero-order valence-electron chi connectivity index (χ0n) is 10.3. The molecule has 0 bridgehead atoms. The van der Waals surface area contributed by atoms with Crippen molar-refractivity contribution in [2.24, 2.45) is 0 Å². The first-order valence-corrected chi connectivity index (χ1v) is 5.15. The minimum atomic E-state index is -0.932. The lowest BCUT2D eigenvalue weighted by atomic mass is 10.0. The van der Waals surface area contributed by atoms with Crippen molar-refractivity contribution in [2.75, 3.05) is 27.2 Å². The van der Waals surface area contributed by atoms with Crippen LogP contribution >= 0.6 is 0 Å². The highest BCUT2D eigenvalue weighted by atomic mass is 16.4. The second kappa shape index (κ2) is 6.32. The molecular formula is C10H21N3O3. The molecule has 0 aliphatic rings. The van der Waals surface area contributed by atoms with Crippen molar-refractivity contribution in [1.82, 2.24) is 15.5 Å². The lowest BCUT2D eigenvalue weighted by Gasteiger charge is -2.24. The predicted molar refractivity (Wildman–Crippen MR) is 61.4 cm³/mol. The third kappa shape index (κ3) is 8.05. The van der Waals surface area contributed by atoms with E-state index in [2.05, 4.69) is 10.6 Å². The summed E-state index contributed by atoms with van der Waals surface area (Å²) in [5.41, 5.74) is -0.742. The van der Waals surface area contributed by atoms with Gasteiger partial charge in [0.15, 0.2) is 0 Å². The first-order valence-electron chi connectivity index (χ1n) is 5.15. The number of likely N-dealkylation sites (N-methyl/N-ethyl adjacent to an activating group) is 1. The van der Waals surface area contributed by atoms with E-state index in [9.17, 15) is 9.59 Å². The van der Waals surface area contributed by atoms with Crippen LogP contribution in [0.4, 0.5) is 4.79 Å². The summed E-state index contributed by atoms with van der Waals surface area (Å²) in [5, 5.41) is 13.9. The van der Waals surface area contributed by atoms with Crippen LogP contribution in [0.25, 0.3) is 0 Å². The molecule has 2 amide bonds. The summed E-state index contributed by atoms with van der Waals surface area (Å²) >= 11 is 0. The summed E-state index contributed by atoms with van der Waals surface area (Å²) in [5.74, 6) is -0.932. The maximum atomic E-state index is 11.4. The standard InChI is InChI=1S/C10H21N3O3/c1-10(2,7-8(14)15)12-9(16)11-5-6-13(3)4/h5-7H2,1-4H3,(H,14,15)(H2,11,12,16). The van der Waals surface area contributed by atoms with Gasteiger partial charge in [0.05, 0.1) is 6.42 Å². The number of nitrogens with zero attached hydrogens (tertiary/aromatic N) is 1. The number of carboxylic acid groups (broad SMARTS) is 1. The van der Waals surface area contributed by atoms with Crippen molar-refractivity contribution >= 4 is 12.0 Å². The molecule has 94 valence electrons. The molecule has 0 aromatic heterocycles. The van der Waals surface area contributed by atoms with Crippen molar-refractivity contribution in [3.63, 3.8) is 0 Å². The molecule has 0 aromatic carbocycles. The van der Waals surface area contributed by atoms with Gasteiger partial charge in [-0.15, -0.1) is 0 Å². The Bertz CT molecular complexity index is 252. The highest BCUT2D eigenvalue weighted by molar-refractivity contribution is 5.76. The highest BCUT2D eigenvalue weighted by Gasteiger charge is 2.23. The molecule has 0 atom stereocenters. The molecule has 0 saturated heterocycles. The molecule has 0 fully saturated rings. The molecule has 0 aliphatic carbocycles. The minimum absolute atomic E-state index is 0.103. The Morgan fingerprint density at radius 1 is 1.31 bits per heavy atom. The Labute approximate surface area is 96.0 Å². The number of aliphatic carboxylic acids is 1. The number of rotatable bonds is 6. The van der Waals surface area contributed by atoms with Gasteiger partial charge in [-0.1, -0.05) is 0 Å². The fraction of sp³-hybridized carbons (Fsp3) is 0.800. The molecule has 16 heavy (non-hydrogen) atoms. The number of carboxylic acids is 1. The topological polar surface area (TPSA) is 81.7 Å². The molecule has 0 heterocycles. The summed E-state index contributed by atoms with van der Waals surface area (Å²) < 4.78 is 0. The number of nitrogens with one attached hydrogen (secondary N) is 2. The van der Waals surface area contributed by atoms with E-state index in [-0.39, 0.29) is 12.5 Å². The van der Waals surface area contributed by atoms with Crippen molar-refractivity contribution in [3.8, 4) is 0 Å². The van der Waals surface area contributed by atoms with Gasteiger partial charge in [0.25, 0.3) is 0 Å². The Kier molecular flexibility index (Phi) is 5.81. The van der Waals surface area contributed by atoms with Crippen molar-refractivity contribution in [3.05, 3.63) is 0 Å². The number of urea groups is 1. The molecule has 0 aliphatic heterocycles. The molecule has 3 N–H and O–H groups in total. The van der Waals surface area contributed by atoms with E-state index in [1.54, 1.807) is 13.8 Å². The average Bonchev–Trinajstić information content (AvgIpc) is 1.98. The Hall–Kier alpha value is -1.30. The number of amides is 2. The zero-order valence-corrected chi connectivity index (χ0v) is 10.3. The second-order valence-electron chi connectivity index (χ2n) is 4.64. The number of hydrogen-bond acceptors (Lipinski definition) is 3. The van der Waals surface area contributed by atoms with E-state index in [1.807, 2.05) is 19.0 Å². The molecule has 0 saturated carbocycles. The summed E-state index contributed by atoms with van der Waals surface area (Å²) in [6.45, 7) is 4.62. The smallest absolute Gasteiger partial charge is 0.315 e. The molecule has 0 spiro atoms. The number of carbonyl (C=O) groups is 2. The van der Waals surface area contributed by atoms with Gasteiger partial charge >= 0.3 is 12.0 Å². The lowest BCUT2D eigenvalue weighted by Crippen LogP contribution is -2.50. The fourth-order valence-electron chi connectivity index (χ4n) is 1.17. The van der Waals surface area contributed by atoms with Crippen LogP contribution < -0.4 is 10.6 Å². The third-order valence-corrected chi connectivity index (χ3v) is 1.89. The summed E-state index contributed by atoms with van der Waals surface area (Å²) in [6, 6.07) is -0.340. The van der Waals surface area contributed by atoms with E-state index in [1.165, 1.54) is 0 Å². The molecule has 6 nitrogen and oxygen atoms in total. The van der Waals surface area contributed by atoms with E-state index >= 15 is 0 Å². The van der Waals surface area contributed by atoms with Crippen LogP contribution in [0.2, 0.25) is 0 Å². The van der Waals surface area contributed by atoms with Crippen molar-refractivity contribution in [2.45, 2.75) is 25.8 Å². The van der Waals surface area contributed by atoms with Gasteiger partial charge in [-0.3, -0.25) is 4.79 Å².